The fourth-order valence-corrected chi connectivity index (χ4v) is 2.30. The molecule has 6 heteroatoms. The molecule has 3 rings (SSSR count). The Morgan fingerprint density at radius 3 is 2.75 bits per heavy atom. The van der Waals surface area contributed by atoms with Gasteiger partial charge in [0.05, 0.1) is 11.6 Å². The molecule has 0 radical (unpaired) electrons. The van der Waals surface area contributed by atoms with Gasteiger partial charge in [0.15, 0.2) is 0 Å². The van der Waals surface area contributed by atoms with Gasteiger partial charge >= 0.3 is 0 Å². The lowest BCUT2D eigenvalue weighted by atomic mass is 10.1. The van der Waals surface area contributed by atoms with Crippen molar-refractivity contribution in [3.63, 3.8) is 0 Å². The molecule has 3 nitrogen and oxygen atoms in total. The summed E-state index contributed by atoms with van der Waals surface area (Å²) in [5, 5.41) is 7.47. The smallest absolute Gasteiger partial charge is 0.127 e. The number of anilines is 1. The van der Waals surface area contributed by atoms with Crippen LogP contribution in [-0.2, 0) is 0 Å². The van der Waals surface area contributed by atoms with Gasteiger partial charge in [-0.25, -0.2) is 9.37 Å². The van der Waals surface area contributed by atoms with Crippen molar-refractivity contribution in [3.05, 3.63) is 36.4 Å². The van der Waals surface area contributed by atoms with E-state index in [0.29, 0.717) is 13.0 Å². The molecule has 1 saturated heterocycles. The maximum Gasteiger partial charge on any atom is 0.127 e. The normalized spacial score (nSPS) is 21.6. The van der Waals surface area contributed by atoms with Crippen LogP contribution in [0.25, 0.3) is 10.9 Å². The zero-order chi connectivity index (χ0) is 12.4. The van der Waals surface area contributed by atoms with Gasteiger partial charge in [-0.15, -0.1) is 24.8 Å². The molecule has 20 heavy (non-hydrogen) atoms. The number of alkyl halides is 1. The van der Waals surface area contributed by atoms with Gasteiger partial charge < -0.3 is 10.6 Å². The van der Waals surface area contributed by atoms with E-state index >= 15 is 0 Å². The van der Waals surface area contributed by atoms with Crippen LogP contribution >= 0.6 is 24.8 Å². The van der Waals surface area contributed by atoms with Gasteiger partial charge in [-0.2, -0.15) is 0 Å². The summed E-state index contributed by atoms with van der Waals surface area (Å²) in [7, 11) is 0. The second kappa shape index (κ2) is 7.62. The van der Waals surface area contributed by atoms with E-state index in [1.165, 1.54) is 0 Å². The first-order valence-corrected chi connectivity index (χ1v) is 6.30. The summed E-state index contributed by atoms with van der Waals surface area (Å²) in [6.45, 7) is 1.40. The first kappa shape index (κ1) is 17.0. The highest BCUT2D eigenvalue weighted by atomic mass is 35.5. The number of nitrogens with zero attached hydrogens (tertiary/aromatic N) is 1. The number of para-hydroxylation sites is 1. The molecule has 0 aliphatic carbocycles. The lowest BCUT2D eigenvalue weighted by molar-refractivity contribution is 0.241. The summed E-state index contributed by atoms with van der Waals surface area (Å²) in [6, 6.07) is 11.7. The zero-order valence-corrected chi connectivity index (χ0v) is 12.5. The molecule has 2 aromatic rings. The van der Waals surface area contributed by atoms with Crippen LogP contribution in [0.2, 0.25) is 0 Å². The molecule has 1 aliphatic heterocycles. The Morgan fingerprint density at radius 1 is 1.15 bits per heavy atom. The molecule has 0 saturated carbocycles. The average Bonchev–Trinajstić information content (AvgIpc) is 2.41. The minimum atomic E-state index is -0.806. The molecule has 1 aromatic carbocycles. The Bertz CT molecular complexity index is 553. The first-order valence-electron chi connectivity index (χ1n) is 6.30. The largest absolute Gasteiger partial charge is 0.363 e. The standard InChI is InChI=1S/C14H16FN3.2ClH/c15-11-7-8-16-9-13(11)18-14-6-5-10-3-1-2-4-12(10)17-14;;/h1-6,11,13,16H,7-9H2,(H,17,18);2*1H/t11-,13+;;/m1../s1. The SMILES string of the molecule is Cl.Cl.F[C@@H]1CCNC[C@@H]1Nc1ccc2ccccc2n1. The number of nitrogens with one attached hydrogen (secondary N) is 2. The van der Waals surface area contributed by atoms with Gasteiger partial charge in [0.2, 0.25) is 0 Å². The van der Waals surface area contributed by atoms with Crippen molar-refractivity contribution in [1.29, 1.82) is 0 Å². The summed E-state index contributed by atoms with van der Waals surface area (Å²) in [5.74, 6) is 0.741. The fourth-order valence-electron chi connectivity index (χ4n) is 2.30. The number of hydrogen-bond donors (Lipinski definition) is 2. The molecule has 0 amide bonds. The van der Waals surface area contributed by atoms with E-state index in [1.54, 1.807) is 0 Å². The Morgan fingerprint density at radius 2 is 1.95 bits per heavy atom. The molecule has 1 fully saturated rings. The minimum Gasteiger partial charge on any atom is -0.363 e. The van der Waals surface area contributed by atoms with Gasteiger partial charge in [0.25, 0.3) is 0 Å². The van der Waals surface area contributed by atoms with Gasteiger partial charge in [-0.3, -0.25) is 0 Å². The van der Waals surface area contributed by atoms with Crippen LogP contribution in [0.1, 0.15) is 6.42 Å². The van der Waals surface area contributed by atoms with Crippen molar-refractivity contribution in [2.24, 2.45) is 0 Å². The van der Waals surface area contributed by atoms with Crippen molar-refractivity contribution < 1.29 is 4.39 Å². The highest BCUT2D eigenvalue weighted by Gasteiger charge is 2.24. The Hall–Kier alpha value is -1.10. The number of benzene rings is 1. The van der Waals surface area contributed by atoms with Crippen LogP contribution < -0.4 is 10.6 Å². The van der Waals surface area contributed by atoms with Crippen molar-refractivity contribution >= 4 is 41.5 Å². The first-order chi connectivity index (χ1) is 8.83. The monoisotopic (exact) mass is 317 g/mol. The molecule has 0 spiro atoms. The summed E-state index contributed by atoms with van der Waals surface area (Å²) < 4.78 is 13.7. The minimum absolute atomic E-state index is 0. The summed E-state index contributed by atoms with van der Waals surface area (Å²) >= 11 is 0. The third-order valence-electron chi connectivity index (χ3n) is 3.33. The molecular weight excluding hydrogens is 300 g/mol. The second-order valence-corrected chi connectivity index (χ2v) is 4.65. The van der Waals surface area contributed by atoms with Crippen LogP contribution in [0, 0.1) is 0 Å². The Balaban J connectivity index is 0.000001000. The molecule has 0 unspecified atom stereocenters. The fraction of sp³-hybridized carbons (Fsp3) is 0.357. The van der Waals surface area contributed by atoms with Gasteiger partial charge in [0.1, 0.15) is 12.0 Å². The van der Waals surface area contributed by atoms with Crippen molar-refractivity contribution in [3.8, 4) is 0 Å². The van der Waals surface area contributed by atoms with E-state index in [1.807, 2.05) is 36.4 Å². The Kier molecular flexibility index (Phi) is 6.46. The third-order valence-corrected chi connectivity index (χ3v) is 3.33. The molecular formula is C14H18Cl2FN3. The quantitative estimate of drug-likeness (QED) is 0.893. The molecule has 2 atom stereocenters. The van der Waals surface area contributed by atoms with E-state index in [4.69, 9.17) is 0 Å². The second-order valence-electron chi connectivity index (χ2n) is 4.65. The molecule has 110 valence electrons. The molecule has 2 N–H and O–H groups in total. The lowest BCUT2D eigenvalue weighted by Gasteiger charge is -2.27. The number of halogens is 3. The summed E-state index contributed by atoms with van der Waals surface area (Å²) in [6.07, 6.45) is -0.245. The average molecular weight is 318 g/mol. The maximum atomic E-state index is 13.7. The number of rotatable bonds is 2. The van der Waals surface area contributed by atoms with Gasteiger partial charge in [-0.1, -0.05) is 18.2 Å². The summed E-state index contributed by atoms with van der Waals surface area (Å²) in [4.78, 5) is 4.50. The van der Waals surface area contributed by atoms with Crippen molar-refractivity contribution in [2.45, 2.75) is 18.6 Å². The number of aromatic nitrogens is 1. The third kappa shape index (κ3) is 3.72. The number of hydrogen-bond acceptors (Lipinski definition) is 3. The van der Waals surface area contributed by atoms with E-state index < -0.39 is 6.17 Å². The van der Waals surface area contributed by atoms with E-state index in [0.717, 1.165) is 23.3 Å². The predicted octanol–water partition coefficient (Wildman–Crippen LogP) is 3.19. The van der Waals surface area contributed by atoms with Crippen LogP contribution in [-0.4, -0.2) is 30.3 Å². The van der Waals surface area contributed by atoms with E-state index in [-0.39, 0.29) is 30.9 Å². The van der Waals surface area contributed by atoms with Crippen LogP contribution in [0.3, 0.4) is 0 Å². The topological polar surface area (TPSA) is 37.0 Å². The predicted molar refractivity (Wildman–Crippen MR) is 86.0 cm³/mol. The molecule has 2 heterocycles. The highest BCUT2D eigenvalue weighted by molar-refractivity contribution is 5.85. The molecule has 1 aromatic heterocycles. The van der Waals surface area contributed by atoms with Crippen LogP contribution in [0.15, 0.2) is 36.4 Å². The maximum absolute atomic E-state index is 13.7. The number of fused-ring (bicyclic) bond motifs is 1. The molecule has 1 aliphatic rings. The number of piperidine rings is 1. The highest BCUT2D eigenvalue weighted by Crippen LogP contribution is 2.17. The zero-order valence-electron chi connectivity index (χ0n) is 10.9. The van der Waals surface area contributed by atoms with Crippen molar-refractivity contribution in [1.82, 2.24) is 10.3 Å². The number of pyridine rings is 1. The van der Waals surface area contributed by atoms with E-state index in [2.05, 4.69) is 15.6 Å². The van der Waals surface area contributed by atoms with Crippen molar-refractivity contribution in [2.75, 3.05) is 18.4 Å². The van der Waals surface area contributed by atoms with Crippen LogP contribution in [0.5, 0.6) is 0 Å². The Labute approximate surface area is 130 Å². The molecule has 0 bridgehead atoms. The summed E-state index contributed by atoms with van der Waals surface area (Å²) in [5.41, 5.74) is 0.932. The van der Waals surface area contributed by atoms with E-state index in [9.17, 15) is 4.39 Å². The lowest BCUT2D eigenvalue weighted by Crippen LogP contribution is -2.46. The van der Waals surface area contributed by atoms with Gasteiger partial charge in [-0.05, 0) is 31.2 Å². The van der Waals surface area contributed by atoms with Crippen LogP contribution in [0.4, 0.5) is 10.2 Å². The van der Waals surface area contributed by atoms with Gasteiger partial charge in [0, 0.05) is 11.9 Å².